The number of carbonyl (C=O) groups excluding carboxylic acids is 1. The first-order chi connectivity index (χ1) is 9.60. The summed E-state index contributed by atoms with van der Waals surface area (Å²) in [7, 11) is 0. The standard InChI is InChI=1S/C14H24N2O4/c1-2-16-5-6-20-12(9-16)8-15-13(17)10-3-4-11(7-10)14(18)19/h10-12H,2-9H2,1H3,(H,15,17)(H,18,19). The summed E-state index contributed by atoms with van der Waals surface area (Å²) >= 11 is 0. The second-order valence-corrected chi connectivity index (χ2v) is 5.68. The lowest BCUT2D eigenvalue weighted by Gasteiger charge is -2.32. The van der Waals surface area contributed by atoms with Crippen LogP contribution < -0.4 is 5.32 Å². The molecule has 20 heavy (non-hydrogen) atoms. The zero-order chi connectivity index (χ0) is 14.5. The predicted molar refractivity (Wildman–Crippen MR) is 73.3 cm³/mol. The van der Waals surface area contributed by atoms with Gasteiger partial charge in [0.25, 0.3) is 0 Å². The van der Waals surface area contributed by atoms with Gasteiger partial charge in [0.1, 0.15) is 0 Å². The van der Waals surface area contributed by atoms with Crippen molar-refractivity contribution in [1.82, 2.24) is 10.2 Å². The average Bonchev–Trinajstić information content (AvgIpc) is 2.95. The zero-order valence-electron chi connectivity index (χ0n) is 12.0. The largest absolute Gasteiger partial charge is 0.481 e. The number of carboxylic acids is 1. The molecule has 6 heteroatoms. The third kappa shape index (κ3) is 3.93. The molecule has 3 atom stereocenters. The molecule has 114 valence electrons. The number of hydrogen-bond acceptors (Lipinski definition) is 4. The fourth-order valence-electron chi connectivity index (χ4n) is 2.99. The van der Waals surface area contributed by atoms with Crippen molar-refractivity contribution in [3.63, 3.8) is 0 Å². The van der Waals surface area contributed by atoms with Gasteiger partial charge in [-0.25, -0.2) is 0 Å². The number of carbonyl (C=O) groups is 2. The summed E-state index contributed by atoms with van der Waals surface area (Å²) in [6, 6.07) is 0. The summed E-state index contributed by atoms with van der Waals surface area (Å²) in [6.07, 6.45) is 1.80. The Labute approximate surface area is 119 Å². The summed E-state index contributed by atoms with van der Waals surface area (Å²) in [5, 5.41) is 11.9. The number of ether oxygens (including phenoxy) is 1. The van der Waals surface area contributed by atoms with Gasteiger partial charge in [-0.05, 0) is 25.8 Å². The molecule has 1 saturated heterocycles. The third-order valence-corrected chi connectivity index (χ3v) is 4.33. The van der Waals surface area contributed by atoms with E-state index in [0.717, 1.165) is 19.6 Å². The van der Waals surface area contributed by atoms with Crippen molar-refractivity contribution in [3.8, 4) is 0 Å². The minimum atomic E-state index is -0.783. The van der Waals surface area contributed by atoms with Gasteiger partial charge in [-0.1, -0.05) is 6.92 Å². The molecule has 2 aliphatic rings. The van der Waals surface area contributed by atoms with Gasteiger partial charge in [0.2, 0.25) is 5.91 Å². The molecule has 3 unspecified atom stereocenters. The van der Waals surface area contributed by atoms with Gasteiger partial charge in [-0.2, -0.15) is 0 Å². The van der Waals surface area contributed by atoms with Crippen LogP contribution in [0.2, 0.25) is 0 Å². The van der Waals surface area contributed by atoms with E-state index in [4.69, 9.17) is 9.84 Å². The van der Waals surface area contributed by atoms with Crippen molar-refractivity contribution >= 4 is 11.9 Å². The number of hydrogen-bond donors (Lipinski definition) is 2. The van der Waals surface area contributed by atoms with Gasteiger partial charge in [0.05, 0.1) is 18.6 Å². The van der Waals surface area contributed by atoms with E-state index >= 15 is 0 Å². The zero-order valence-corrected chi connectivity index (χ0v) is 12.0. The number of morpholine rings is 1. The quantitative estimate of drug-likeness (QED) is 0.760. The van der Waals surface area contributed by atoms with Crippen molar-refractivity contribution in [2.75, 3.05) is 32.8 Å². The lowest BCUT2D eigenvalue weighted by Crippen LogP contribution is -2.48. The number of nitrogens with zero attached hydrogens (tertiary/aromatic N) is 1. The number of nitrogens with one attached hydrogen (secondary N) is 1. The van der Waals surface area contributed by atoms with Crippen molar-refractivity contribution in [3.05, 3.63) is 0 Å². The summed E-state index contributed by atoms with van der Waals surface area (Å²) in [4.78, 5) is 25.2. The first-order valence-electron chi connectivity index (χ1n) is 7.44. The van der Waals surface area contributed by atoms with Crippen LogP contribution in [0.4, 0.5) is 0 Å². The maximum absolute atomic E-state index is 12.0. The molecule has 0 bridgehead atoms. The fraction of sp³-hybridized carbons (Fsp3) is 0.857. The number of amides is 1. The van der Waals surface area contributed by atoms with Gasteiger partial charge in [-0.15, -0.1) is 0 Å². The van der Waals surface area contributed by atoms with Gasteiger partial charge in [0.15, 0.2) is 0 Å². The molecule has 1 saturated carbocycles. The van der Waals surface area contributed by atoms with Crippen LogP contribution in [-0.4, -0.2) is 60.8 Å². The SMILES string of the molecule is CCN1CCOC(CNC(=O)C2CCC(C(=O)O)C2)C1. The topological polar surface area (TPSA) is 78.9 Å². The Hall–Kier alpha value is -1.14. The van der Waals surface area contributed by atoms with E-state index in [1.165, 1.54) is 0 Å². The minimum absolute atomic E-state index is 0.0222. The van der Waals surface area contributed by atoms with Crippen LogP contribution in [0, 0.1) is 11.8 Å². The predicted octanol–water partition coefficient (Wildman–Crippen LogP) is 0.324. The van der Waals surface area contributed by atoms with E-state index in [2.05, 4.69) is 17.1 Å². The van der Waals surface area contributed by atoms with Gasteiger partial charge >= 0.3 is 5.97 Å². The van der Waals surface area contributed by atoms with Crippen LogP contribution in [0.5, 0.6) is 0 Å². The highest BCUT2D eigenvalue weighted by molar-refractivity contribution is 5.80. The van der Waals surface area contributed by atoms with Gasteiger partial charge in [0, 0.05) is 25.6 Å². The Morgan fingerprint density at radius 2 is 2.10 bits per heavy atom. The van der Waals surface area contributed by atoms with E-state index in [1.54, 1.807) is 0 Å². The molecule has 2 rings (SSSR count). The smallest absolute Gasteiger partial charge is 0.306 e. The van der Waals surface area contributed by atoms with Crippen molar-refractivity contribution in [2.24, 2.45) is 11.8 Å². The first kappa shape index (κ1) is 15.3. The van der Waals surface area contributed by atoms with Gasteiger partial charge in [-0.3, -0.25) is 14.5 Å². The Balaban J connectivity index is 1.71. The molecule has 0 aromatic carbocycles. The van der Waals surface area contributed by atoms with E-state index in [0.29, 0.717) is 32.4 Å². The fourth-order valence-corrected chi connectivity index (χ4v) is 2.99. The number of aliphatic carboxylic acids is 1. The number of rotatable bonds is 5. The molecular formula is C14H24N2O4. The highest BCUT2D eigenvalue weighted by Gasteiger charge is 2.34. The van der Waals surface area contributed by atoms with Crippen LogP contribution in [0.3, 0.4) is 0 Å². The number of carboxylic acid groups (broad SMARTS) is 1. The molecule has 1 aliphatic heterocycles. The van der Waals surface area contributed by atoms with E-state index in [1.807, 2.05) is 0 Å². The minimum Gasteiger partial charge on any atom is -0.481 e. The monoisotopic (exact) mass is 284 g/mol. The third-order valence-electron chi connectivity index (χ3n) is 4.33. The molecule has 0 radical (unpaired) electrons. The molecular weight excluding hydrogens is 260 g/mol. The van der Waals surface area contributed by atoms with Crippen LogP contribution in [0.25, 0.3) is 0 Å². The van der Waals surface area contributed by atoms with E-state index in [9.17, 15) is 9.59 Å². The van der Waals surface area contributed by atoms with Crippen molar-refractivity contribution in [1.29, 1.82) is 0 Å². The van der Waals surface area contributed by atoms with Crippen LogP contribution in [-0.2, 0) is 14.3 Å². The second-order valence-electron chi connectivity index (χ2n) is 5.68. The lowest BCUT2D eigenvalue weighted by molar-refractivity contribution is -0.141. The first-order valence-corrected chi connectivity index (χ1v) is 7.44. The van der Waals surface area contributed by atoms with Crippen LogP contribution in [0.15, 0.2) is 0 Å². The summed E-state index contributed by atoms with van der Waals surface area (Å²) in [5.74, 6) is -1.31. The molecule has 1 amide bonds. The molecule has 1 heterocycles. The summed E-state index contributed by atoms with van der Waals surface area (Å²) < 4.78 is 5.63. The molecule has 1 aliphatic carbocycles. The Kier molecular flexibility index (Phi) is 5.37. The van der Waals surface area contributed by atoms with Crippen molar-refractivity contribution < 1.29 is 19.4 Å². The number of likely N-dealkylation sites (N-methyl/N-ethyl adjacent to an activating group) is 1. The molecule has 2 N–H and O–H groups in total. The molecule has 0 aromatic rings. The molecule has 0 aromatic heterocycles. The van der Waals surface area contributed by atoms with E-state index < -0.39 is 5.97 Å². The normalized spacial score (nSPS) is 31.1. The van der Waals surface area contributed by atoms with Crippen molar-refractivity contribution in [2.45, 2.75) is 32.3 Å². The summed E-state index contributed by atoms with van der Waals surface area (Å²) in [5.41, 5.74) is 0. The van der Waals surface area contributed by atoms with E-state index in [-0.39, 0.29) is 23.8 Å². The summed E-state index contributed by atoms with van der Waals surface area (Å²) in [6.45, 7) is 6.13. The molecule has 0 spiro atoms. The van der Waals surface area contributed by atoms with Crippen LogP contribution in [0.1, 0.15) is 26.2 Å². The highest BCUT2D eigenvalue weighted by atomic mass is 16.5. The Morgan fingerprint density at radius 1 is 1.35 bits per heavy atom. The maximum atomic E-state index is 12.0. The van der Waals surface area contributed by atoms with Gasteiger partial charge < -0.3 is 15.2 Å². The average molecular weight is 284 g/mol. The highest BCUT2D eigenvalue weighted by Crippen LogP contribution is 2.31. The lowest BCUT2D eigenvalue weighted by atomic mass is 10.0. The molecule has 2 fully saturated rings. The molecule has 6 nitrogen and oxygen atoms in total. The maximum Gasteiger partial charge on any atom is 0.306 e. The Bertz CT molecular complexity index is 361. The van der Waals surface area contributed by atoms with Crippen LogP contribution >= 0.6 is 0 Å². The Morgan fingerprint density at radius 3 is 2.75 bits per heavy atom. The second kappa shape index (κ2) is 7.04.